The van der Waals surface area contributed by atoms with E-state index >= 15 is 0 Å². The van der Waals surface area contributed by atoms with Crippen LogP contribution in [0.4, 0.5) is 0 Å². The van der Waals surface area contributed by atoms with Crippen molar-refractivity contribution >= 4 is 43.6 Å². The second kappa shape index (κ2) is 11.9. The monoisotopic (exact) mass is 651 g/mol. The first kappa shape index (κ1) is 29.0. The summed E-state index contributed by atoms with van der Waals surface area (Å²) in [4.78, 5) is 15.4. The maximum absolute atomic E-state index is 6.58. The zero-order valence-electron chi connectivity index (χ0n) is 27.5. The quantitative estimate of drug-likeness (QED) is 0.174. The number of para-hydroxylation sites is 2. The van der Waals surface area contributed by atoms with Crippen molar-refractivity contribution < 1.29 is 4.42 Å². The van der Waals surface area contributed by atoms with Gasteiger partial charge >= 0.3 is 0 Å². The Hall–Kier alpha value is -6.91. The van der Waals surface area contributed by atoms with E-state index in [-0.39, 0.29) is 0 Å². The van der Waals surface area contributed by atoms with Gasteiger partial charge in [-0.1, -0.05) is 152 Å². The average molecular weight is 652 g/mol. The fourth-order valence-corrected chi connectivity index (χ4v) is 7.30. The standard InChI is InChI=1S/C47H29N3O/c1-4-14-30(15-5-1)39-29-40(31-16-6-2-7-17-31)50-47(49-39)34-26-24-32(25-27-34)43-44-35-20-10-12-22-38(35)48-46(33-18-8-3-9-19-33)37(44)28-42-45(43)36-21-11-13-23-41(36)51-42/h1-29H. The molecule has 0 saturated carbocycles. The molecule has 0 radical (unpaired) electrons. The molecule has 0 spiro atoms. The minimum Gasteiger partial charge on any atom is -0.456 e. The predicted molar refractivity (Wildman–Crippen MR) is 209 cm³/mol. The third kappa shape index (κ3) is 4.96. The molecule has 0 atom stereocenters. The molecular weight excluding hydrogens is 623 g/mol. The van der Waals surface area contributed by atoms with Gasteiger partial charge in [-0.25, -0.2) is 15.0 Å². The van der Waals surface area contributed by atoms with Gasteiger partial charge in [0.2, 0.25) is 0 Å². The number of pyridine rings is 1. The second-order valence-electron chi connectivity index (χ2n) is 12.8. The van der Waals surface area contributed by atoms with Crippen LogP contribution in [0.5, 0.6) is 0 Å². The van der Waals surface area contributed by atoms with E-state index in [0.29, 0.717) is 5.82 Å². The Balaban J connectivity index is 1.23. The Morgan fingerprint density at radius 2 is 0.902 bits per heavy atom. The van der Waals surface area contributed by atoms with Crippen molar-refractivity contribution in [2.75, 3.05) is 0 Å². The lowest BCUT2D eigenvalue weighted by Gasteiger charge is -2.16. The van der Waals surface area contributed by atoms with Gasteiger partial charge in [0.1, 0.15) is 11.2 Å². The highest BCUT2D eigenvalue weighted by Gasteiger charge is 2.22. The van der Waals surface area contributed by atoms with Gasteiger partial charge < -0.3 is 4.42 Å². The summed E-state index contributed by atoms with van der Waals surface area (Å²) in [5, 5.41) is 5.48. The zero-order chi connectivity index (χ0) is 33.7. The first-order valence-corrected chi connectivity index (χ1v) is 17.1. The van der Waals surface area contributed by atoms with Crippen LogP contribution in [0.2, 0.25) is 0 Å². The van der Waals surface area contributed by atoms with E-state index in [9.17, 15) is 0 Å². The minimum absolute atomic E-state index is 0.680. The molecule has 10 aromatic rings. The molecule has 3 heterocycles. The Morgan fingerprint density at radius 1 is 0.353 bits per heavy atom. The van der Waals surface area contributed by atoms with Gasteiger partial charge in [0, 0.05) is 54.7 Å². The largest absolute Gasteiger partial charge is 0.456 e. The van der Waals surface area contributed by atoms with Crippen molar-refractivity contribution in [3.05, 3.63) is 176 Å². The highest BCUT2D eigenvalue weighted by Crippen LogP contribution is 2.46. The molecular formula is C47H29N3O. The lowest BCUT2D eigenvalue weighted by Crippen LogP contribution is -1.96. The SMILES string of the molecule is c1ccc(-c2cc(-c3ccccc3)nc(-c3ccc(-c4c5c(cc6c(-c7ccccc7)nc7ccccc7c46)oc4ccccc45)cc3)n2)cc1. The molecule has 7 aromatic carbocycles. The molecule has 0 fully saturated rings. The van der Waals surface area contributed by atoms with Crippen LogP contribution in [-0.2, 0) is 0 Å². The topological polar surface area (TPSA) is 51.8 Å². The van der Waals surface area contributed by atoms with Crippen LogP contribution in [0.15, 0.2) is 180 Å². The van der Waals surface area contributed by atoms with Gasteiger partial charge in [0.05, 0.1) is 22.6 Å². The number of hydrogen-bond acceptors (Lipinski definition) is 4. The number of furan rings is 1. The number of rotatable bonds is 5. The smallest absolute Gasteiger partial charge is 0.160 e. The molecule has 0 N–H and O–H groups in total. The van der Waals surface area contributed by atoms with E-state index < -0.39 is 0 Å². The summed E-state index contributed by atoms with van der Waals surface area (Å²) >= 11 is 0. The summed E-state index contributed by atoms with van der Waals surface area (Å²) in [5.74, 6) is 0.680. The van der Waals surface area contributed by atoms with Crippen LogP contribution in [0, 0.1) is 0 Å². The predicted octanol–water partition coefficient (Wildman–Crippen LogP) is 12.4. The number of benzene rings is 7. The van der Waals surface area contributed by atoms with Gasteiger partial charge in [-0.2, -0.15) is 0 Å². The molecule has 4 nitrogen and oxygen atoms in total. The number of aromatic nitrogens is 3. The molecule has 3 aromatic heterocycles. The minimum atomic E-state index is 0.680. The van der Waals surface area contributed by atoms with Crippen LogP contribution in [-0.4, -0.2) is 15.0 Å². The summed E-state index contributed by atoms with van der Waals surface area (Å²) in [5.41, 5.74) is 11.7. The molecule has 4 heteroatoms. The zero-order valence-corrected chi connectivity index (χ0v) is 27.5. The van der Waals surface area contributed by atoms with Crippen LogP contribution < -0.4 is 0 Å². The summed E-state index contributed by atoms with van der Waals surface area (Å²) in [6.07, 6.45) is 0. The van der Waals surface area contributed by atoms with Gasteiger partial charge in [0.25, 0.3) is 0 Å². The summed E-state index contributed by atoms with van der Waals surface area (Å²) in [6, 6.07) is 60.7. The number of fused-ring (bicyclic) bond motifs is 6. The molecule has 0 bridgehead atoms. The fourth-order valence-electron chi connectivity index (χ4n) is 7.30. The first-order valence-electron chi connectivity index (χ1n) is 17.1. The molecule has 0 unspecified atom stereocenters. The van der Waals surface area contributed by atoms with Crippen LogP contribution >= 0.6 is 0 Å². The van der Waals surface area contributed by atoms with Crippen LogP contribution in [0.25, 0.3) is 99.9 Å². The molecule has 0 amide bonds. The Bertz CT molecular complexity index is 2820. The molecule has 0 aliphatic heterocycles. The van der Waals surface area contributed by atoms with E-state index in [2.05, 4.69) is 121 Å². The Morgan fingerprint density at radius 3 is 1.57 bits per heavy atom. The molecule has 238 valence electrons. The van der Waals surface area contributed by atoms with Gasteiger partial charge in [-0.3, -0.25) is 0 Å². The highest BCUT2D eigenvalue weighted by atomic mass is 16.3. The Kier molecular flexibility index (Phi) is 6.78. The highest BCUT2D eigenvalue weighted by molar-refractivity contribution is 6.27. The maximum atomic E-state index is 6.58. The van der Waals surface area contributed by atoms with Gasteiger partial charge in [-0.05, 0) is 29.8 Å². The van der Waals surface area contributed by atoms with Gasteiger partial charge in [-0.15, -0.1) is 0 Å². The van der Waals surface area contributed by atoms with E-state index in [0.717, 1.165) is 94.1 Å². The first-order chi connectivity index (χ1) is 25.3. The van der Waals surface area contributed by atoms with Gasteiger partial charge in [0.15, 0.2) is 5.82 Å². The van der Waals surface area contributed by atoms with Crippen molar-refractivity contribution in [1.29, 1.82) is 0 Å². The summed E-state index contributed by atoms with van der Waals surface area (Å²) in [6.45, 7) is 0. The van der Waals surface area contributed by atoms with Crippen LogP contribution in [0.1, 0.15) is 0 Å². The van der Waals surface area contributed by atoms with E-state index in [1.807, 2.05) is 54.6 Å². The van der Waals surface area contributed by atoms with E-state index in [1.54, 1.807) is 0 Å². The normalized spacial score (nSPS) is 11.5. The Labute approximate surface area is 294 Å². The molecule has 10 rings (SSSR count). The van der Waals surface area contributed by atoms with E-state index in [1.165, 1.54) is 0 Å². The third-order valence-electron chi connectivity index (χ3n) is 9.67. The summed E-state index contributed by atoms with van der Waals surface area (Å²) < 4.78 is 6.58. The van der Waals surface area contributed by atoms with Crippen molar-refractivity contribution in [2.45, 2.75) is 0 Å². The average Bonchev–Trinajstić information content (AvgIpc) is 3.59. The fraction of sp³-hybridized carbons (Fsp3) is 0. The lowest BCUT2D eigenvalue weighted by atomic mass is 9.89. The van der Waals surface area contributed by atoms with Crippen LogP contribution in [0.3, 0.4) is 0 Å². The maximum Gasteiger partial charge on any atom is 0.160 e. The molecule has 0 aliphatic carbocycles. The second-order valence-corrected chi connectivity index (χ2v) is 12.8. The molecule has 0 aliphatic rings. The molecule has 51 heavy (non-hydrogen) atoms. The lowest BCUT2D eigenvalue weighted by molar-refractivity contribution is 0.669. The van der Waals surface area contributed by atoms with Crippen molar-refractivity contribution in [3.63, 3.8) is 0 Å². The number of hydrogen-bond donors (Lipinski definition) is 0. The van der Waals surface area contributed by atoms with Crippen molar-refractivity contribution in [2.24, 2.45) is 0 Å². The third-order valence-corrected chi connectivity index (χ3v) is 9.67. The summed E-state index contributed by atoms with van der Waals surface area (Å²) in [7, 11) is 0. The molecule has 0 saturated heterocycles. The number of nitrogens with zero attached hydrogens (tertiary/aromatic N) is 3. The van der Waals surface area contributed by atoms with E-state index in [4.69, 9.17) is 19.4 Å². The van der Waals surface area contributed by atoms with Crippen molar-refractivity contribution in [3.8, 4) is 56.3 Å². The van der Waals surface area contributed by atoms with Crippen molar-refractivity contribution in [1.82, 2.24) is 15.0 Å².